The monoisotopic (exact) mass is 413 g/mol. The smallest absolute Gasteiger partial charge is 0.234 e. The van der Waals surface area contributed by atoms with E-state index in [-0.39, 0.29) is 11.7 Å². The molecule has 1 heterocycles. The van der Waals surface area contributed by atoms with E-state index >= 15 is 0 Å². The first-order valence-electron chi connectivity index (χ1n) is 8.64. The third-order valence-corrected chi connectivity index (χ3v) is 5.24. The number of anilines is 1. The number of hydrogen-bond acceptors (Lipinski definition) is 5. The van der Waals surface area contributed by atoms with Gasteiger partial charge in [0, 0.05) is 11.3 Å². The van der Waals surface area contributed by atoms with Gasteiger partial charge in [-0.15, -0.1) is 0 Å². The molecule has 0 fully saturated rings. The normalized spacial score (nSPS) is 10.6. The van der Waals surface area contributed by atoms with Gasteiger partial charge in [-0.05, 0) is 55.8 Å². The van der Waals surface area contributed by atoms with Crippen LogP contribution in [0.4, 0.5) is 5.69 Å². The van der Waals surface area contributed by atoms with Gasteiger partial charge in [0.2, 0.25) is 5.91 Å². The molecule has 0 bridgehead atoms. The summed E-state index contributed by atoms with van der Waals surface area (Å²) in [4.78, 5) is 21.4. The second-order valence-electron chi connectivity index (χ2n) is 6.17. The molecule has 0 saturated carbocycles. The number of aryl methyl sites for hydroxylation is 2. The number of benzene rings is 2. The molecule has 5 nitrogen and oxygen atoms in total. The lowest BCUT2D eigenvalue weighted by Gasteiger charge is -2.10. The maximum atomic E-state index is 12.4. The van der Waals surface area contributed by atoms with E-state index < -0.39 is 0 Å². The Labute approximate surface area is 173 Å². The summed E-state index contributed by atoms with van der Waals surface area (Å²) in [6, 6.07) is 14.9. The van der Waals surface area contributed by atoms with Gasteiger partial charge >= 0.3 is 0 Å². The van der Waals surface area contributed by atoms with Gasteiger partial charge in [-0.25, -0.2) is 9.97 Å². The van der Waals surface area contributed by atoms with Crippen molar-refractivity contribution in [1.82, 2.24) is 9.97 Å². The average molecular weight is 414 g/mol. The molecule has 1 N–H and O–H groups in total. The van der Waals surface area contributed by atoms with Gasteiger partial charge in [-0.2, -0.15) is 0 Å². The van der Waals surface area contributed by atoms with Crippen LogP contribution in [0, 0.1) is 13.8 Å². The van der Waals surface area contributed by atoms with Crippen LogP contribution in [-0.4, -0.2) is 28.7 Å². The highest BCUT2D eigenvalue weighted by atomic mass is 35.5. The number of aromatic nitrogens is 2. The lowest BCUT2D eigenvalue weighted by Crippen LogP contribution is -2.15. The summed E-state index contributed by atoms with van der Waals surface area (Å²) in [6.45, 7) is 3.81. The number of rotatable bonds is 6. The lowest BCUT2D eigenvalue weighted by molar-refractivity contribution is -0.113. The Morgan fingerprint density at radius 1 is 1.14 bits per heavy atom. The first kappa shape index (κ1) is 20.2. The molecule has 0 aliphatic heterocycles. The van der Waals surface area contributed by atoms with Gasteiger partial charge < -0.3 is 10.1 Å². The molecule has 7 heteroatoms. The molecule has 2 aromatic carbocycles. The Kier molecular flexibility index (Phi) is 6.54. The molecule has 0 spiro atoms. The molecule has 0 aliphatic rings. The van der Waals surface area contributed by atoms with Crippen LogP contribution >= 0.6 is 23.4 Å². The van der Waals surface area contributed by atoms with Gasteiger partial charge in [0.05, 0.1) is 23.6 Å². The predicted molar refractivity (Wildman–Crippen MR) is 114 cm³/mol. The molecule has 0 saturated heterocycles. The topological polar surface area (TPSA) is 64.1 Å². The second kappa shape index (κ2) is 9.08. The largest absolute Gasteiger partial charge is 0.497 e. The summed E-state index contributed by atoms with van der Waals surface area (Å²) in [5.41, 5.74) is 3.30. The van der Waals surface area contributed by atoms with Crippen molar-refractivity contribution in [3.8, 4) is 17.1 Å². The average Bonchev–Trinajstić information content (AvgIpc) is 2.69. The number of ether oxygens (including phenoxy) is 1. The second-order valence-corrected chi connectivity index (χ2v) is 7.57. The van der Waals surface area contributed by atoms with Crippen molar-refractivity contribution in [2.24, 2.45) is 0 Å². The molecule has 1 amide bonds. The summed E-state index contributed by atoms with van der Waals surface area (Å²) in [6.07, 6.45) is 0. The van der Waals surface area contributed by atoms with Crippen molar-refractivity contribution in [2.75, 3.05) is 18.2 Å². The van der Waals surface area contributed by atoms with Crippen LogP contribution in [0.2, 0.25) is 5.02 Å². The number of carbonyl (C=O) groups is 1. The molecule has 3 aromatic rings. The van der Waals surface area contributed by atoms with E-state index in [4.69, 9.17) is 16.3 Å². The van der Waals surface area contributed by atoms with Crippen LogP contribution in [0.3, 0.4) is 0 Å². The van der Waals surface area contributed by atoms with Crippen LogP contribution in [0.25, 0.3) is 11.4 Å². The Morgan fingerprint density at radius 3 is 2.57 bits per heavy atom. The molecule has 0 radical (unpaired) electrons. The van der Waals surface area contributed by atoms with Crippen LogP contribution < -0.4 is 10.1 Å². The minimum atomic E-state index is -0.136. The molecule has 144 valence electrons. The minimum Gasteiger partial charge on any atom is -0.497 e. The predicted octanol–water partition coefficient (Wildman–Crippen LogP) is 5.15. The summed E-state index contributed by atoms with van der Waals surface area (Å²) >= 11 is 7.53. The number of methoxy groups -OCH3 is 1. The third kappa shape index (κ3) is 5.03. The zero-order valence-corrected chi connectivity index (χ0v) is 17.4. The molecular formula is C21H20ClN3O2S. The molecular weight excluding hydrogens is 394 g/mol. The Balaban J connectivity index is 1.70. The first-order valence-corrected chi connectivity index (χ1v) is 10.0. The van der Waals surface area contributed by atoms with Crippen molar-refractivity contribution in [1.29, 1.82) is 0 Å². The fourth-order valence-corrected chi connectivity index (χ4v) is 3.61. The van der Waals surface area contributed by atoms with E-state index in [1.165, 1.54) is 11.8 Å². The number of hydrogen-bond donors (Lipinski definition) is 1. The molecule has 0 atom stereocenters. The highest BCUT2D eigenvalue weighted by Gasteiger charge is 2.11. The quantitative estimate of drug-likeness (QED) is 0.447. The molecule has 0 aliphatic carbocycles. The summed E-state index contributed by atoms with van der Waals surface area (Å²) in [7, 11) is 1.63. The number of carbonyl (C=O) groups excluding carboxylic acids is 1. The number of thioether (sulfide) groups is 1. The van der Waals surface area contributed by atoms with E-state index in [9.17, 15) is 4.79 Å². The number of halogens is 1. The third-order valence-electron chi connectivity index (χ3n) is 4.02. The van der Waals surface area contributed by atoms with E-state index in [1.807, 2.05) is 56.3 Å². The number of para-hydroxylation sites is 1. The first-order chi connectivity index (χ1) is 13.5. The number of nitrogens with one attached hydrogen (secondary N) is 1. The summed E-state index contributed by atoms with van der Waals surface area (Å²) in [5.74, 6) is 1.48. The van der Waals surface area contributed by atoms with E-state index in [0.29, 0.717) is 16.5 Å². The van der Waals surface area contributed by atoms with Gasteiger partial charge in [0.1, 0.15) is 10.8 Å². The Bertz CT molecular complexity index is 973. The van der Waals surface area contributed by atoms with Crippen molar-refractivity contribution < 1.29 is 9.53 Å². The number of nitrogens with zero attached hydrogens (tertiary/aromatic N) is 2. The maximum absolute atomic E-state index is 12.4. The lowest BCUT2D eigenvalue weighted by atomic mass is 10.2. The zero-order chi connectivity index (χ0) is 20.1. The van der Waals surface area contributed by atoms with Crippen LogP contribution in [0.5, 0.6) is 5.75 Å². The van der Waals surface area contributed by atoms with Gasteiger partial charge in [0.25, 0.3) is 0 Å². The molecule has 3 rings (SSSR count). The minimum absolute atomic E-state index is 0.136. The van der Waals surface area contributed by atoms with E-state index in [1.54, 1.807) is 13.2 Å². The molecule has 1 aromatic heterocycles. The van der Waals surface area contributed by atoms with Crippen LogP contribution in [0.1, 0.15) is 11.3 Å². The maximum Gasteiger partial charge on any atom is 0.234 e. The van der Waals surface area contributed by atoms with Crippen molar-refractivity contribution in [2.45, 2.75) is 18.9 Å². The van der Waals surface area contributed by atoms with Crippen LogP contribution in [-0.2, 0) is 4.79 Å². The fraction of sp³-hybridized carbons (Fsp3) is 0.190. The highest BCUT2D eigenvalue weighted by molar-refractivity contribution is 7.99. The van der Waals surface area contributed by atoms with Crippen molar-refractivity contribution in [3.63, 3.8) is 0 Å². The number of amides is 1. The fourth-order valence-electron chi connectivity index (χ4n) is 2.59. The highest BCUT2D eigenvalue weighted by Crippen LogP contribution is 2.27. The van der Waals surface area contributed by atoms with Gasteiger partial charge in [-0.3, -0.25) is 4.79 Å². The van der Waals surface area contributed by atoms with E-state index in [0.717, 1.165) is 27.6 Å². The Hall–Kier alpha value is -2.57. The molecule has 0 unspecified atom stereocenters. The zero-order valence-electron chi connectivity index (χ0n) is 15.8. The van der Waals surface area contributed by atoms with Crippen molar-refractivity contribution in [3.05, 3.63) is 64.8 Å². The standard InChI is InChI=1S/C21H20ClN3O2S/c1-13-5-4-6-17(22)20(13)24-18(26)12-28-19-11-14(2)23-21(25-19)15-7-9-16(27-3)10-8-15/h4-11H,12H2,1-3H3,(H,24,26). The van der Waals surface area contributed by atoms with Gasteiger partial charge in [0.15, 0.2) is 5.82 Å². The SMILES string of the molecule is COc1ccc(-c2nc(C)cc(SCC(=O)Nc3c(C)cccc3Cl)n2)cc1. The Morgan fingerprint density at radius 2 is 1.89 bits per heavy atom. The summed E-state index contributed by atoms with van der Waals surface area (Å²) in [5, 5.41) is 4.14. The summed E-state index contributed by atoms with van der Waals surface area (Å²) < 4.78 is 5.18. The molecule has 28 heavy (non-hydrogen) atoms. The van der Waals surface area contributed by atoms with Gasteiger partial charge in [-0.1, -0.05) is 35.5 Å². The van der Waals surface area contributed by atoms with Crippen LogP contribution in [0.15, 0.2) is 53.6 Å². The van der Waals surface area contributed by atoms with Crippen molar-refractivity contribution >= 4 is 35.0 Å². The van der Waals surface area contributed by atoms with E-state index in [2.05, 4.69) is 15.3 Å².